The van der Waals surface area contributed by atoms with Gasteiger partial charge in [-0.15, -0.1) is 0 Å². The topological polar surface area (TPSA) is 195 Å². The van der Waals surface area contributed by atoms with E-state index in [0.717, 1.165) is 13.8 Å². The monoisotopic (exact) mass is 665 g/mol. The molecule has 0 spiro atoms. The van der Waals surface area contributed by atoms with Gasteiger partial charge in [-0.05, 0) is 19.9 Å². The molecule has 6 atom stereocenters. The Kier molecular flexibility index (Phi) is 8.57. The van der Waals surface area contributed by atoms with Crippen LogP contribution in [0.25, 0.3) is 0 Å². The van der Waals surface area contributed by atoms with E-state index in [1.807, 2.05) is 0 Å². The fourth-order valence-electron chi connectivity index (χ4n) is 6.37. The maximum Gasteiger partial charge on any atom is 0.471 e. The van der Waals surface area contributed by atoms with Crippen molar-refractivity contribution in [2.75, 3.05) is 7.11 Å². The van der Waals surface area contributed by atoms with Gasteiger partial charge in [-0.2, -0.15) is 13.2 Å². The maximum absolute atomic E-state index is 13.8. The molecule has 0 aromatic heterocycles. The molecular formula is C31H30F3NO12. The van der Waals surface area contributed by atoms with Gasteiger partial charge in [-0.25, -0.2) is 0 Å². The zero-order chi connectivity index (χ0) is 34.7. The summed E-state index contributed by atoms with van der Waals surface area (Å²) < 4.78 is 61.3. The number of carbonyl (C=O) groups excluding carboxylic acids is 5. The second kappa shape index (κ2) is 11.9. The van der Waals surface area contributed by atoms with E-state index in [9.17, 15) is 52.5 Å². The lowest BCUT2D eigenvalue weighted by Crippen LogP contribution is -2.59. The highest BCUT2D eigenvalue weighted by Gasteiger charge is 2.51. The minimum atomic E-state index is -5.25. The molecule has 0 bridgehead atoms. The number of rotatable bonds is 6. The minimum absolute atomic E-state index is 0.0233. The van der Waals surface area contributed by atoms with Crippen molar-refractivity contribution in [2.24, 2.45) is 0 Å². The van der Waals surface area contributed by atoms with Gasteiger partial charge in [0.15, 0.2) is 17.9 Å². The predicted octanol–water partition coefficient (Wildman–Crippen LogP) is 2.32. The van der Waals surface area contributed by atoms with E-state index in [4.69, 9.17) is 18.9 Å². The molecule has 5 rings (SSSR count). The van der Waals surface area contributed by atoms with E-state index < -0.39 is 114 Å². The molecule has 0 saturated carbocycles. The summed E-state index contributed by atoms with van der Waals surface area (Å²) in [5, 5.41) is 36.1. The van der Waals surface area contributed by atoms with Crippen molar-refractivity contribution in [2.45, 2.75) is 82.5 Å². The number of nitrogens with one attached hydrogen (secondary N) is 1. The van der Waals surface area contributed by atoms with Crippen molar-refractivity contribution in [1.29, 1.82) is 0 Å². The van der Waals surface area contributed by atoms with Gasteiger partial charge in [0, 0.05) is 42.9 Å². The fourth-order valence-corrected chi connectivity index (χ4v) is 6.37. The third kappa shape index (κ3) is 5.80. The number of alkyl halides is 3. The quantitative estimate of drug-likeness (QED) is 0.222. The van der Waals surface area contributed by atoms with Crippen LogP contribution in [0, 0.1) is 0 Å². The summed E-state index contributed by atoms with van der Waals surface area (Å²) in [5.41, 5.74) is -4.14. The SMILES string of the molecule is COc1cccc2c1C(=O)c1c(O)c3c(c(O)c1C2=O)C[C@@](O)(C(C)=O)C[C@@H]3O[C@H]1C[C@H](OC(C)=O)[C@H](NC(=O)C(F)(F)F)[C@H](C)O1. The Morgan fingerprint density at radius 3 is 2.30 bits per heavy atom. The molecule has 2 aliphatic carbocycles. The molecule has 0 radical (unpaired) electrons. The lowest BCUT2D eigenvalue weighted by Gasteiger charge is -2.43. The van der Waals surface area contributed by atoms with Gasteiger partial charge in [0.1, 0.15) is 29.0 Å². The zero-order valence-electron chi connectivity index (χ0n) is 25.4. The van der Waals surface area contributed by atoms with Crippen LogP contribution in [-0.4, -0.2) is 88.0 Å². The number of phenolic OH excluding ortho intramolecular Hbond substituents is 2. The van der Waals surface area contributed by atoms with E-state index in [1.165, 1.54) is 32.2 Å². The number of halogens is 3. The van der Waals surface area contributed by atoms with Gasteiger partial charge in [-0.1, -0.05) is 12.1 Å². The molecule has 0 unspecified atom stereocenters. The molecule has 1 heterocycles. The number of esters is 1. The van der Waals surface area contributed by atoms with Gasteiger partial charge in [0.25, 0.3) is 0 Å². The second-order valence-electron chi connectivity index (χ2n) is 11.6. The van der Waals surface area contributed by atoms with Crippen molar-refractivity contribution in [3.8, 4) is 17.2 Å². The number of fused-ring (bicyclic) bond motifs is 3. The lowest BCUT2D eigenvalue weighted by molar-refractivity contribution is -0.250. The highest BCUT2D eigenvalue weighted by atomic mass is 19.4. The molecule has 1 aliphatic heterocycles. The molecule has 2 aromatic rings. The number of amides is 1. The Balaban J connectivity index is 1.58. The molecule has 3 aliphatic rings. The summed E-state index contributed by atoms with van der Waals surface area (Å²) in [6.07, 6.45) is -12.5. The van der Waals surface area contributed by atoms with Gasteiger partial charge < -0.3 is 39.6 Å². The summed E-state index contributed by atoms with van der Waals surface area (Å²) in [5.74, 6) is -7.20. The molecular weight excluding hydrogens is 635 g/mol. The smallest absolute Gasteiger partial charge is 0.471 e. The lowest BCUT2D eigenvalue weighted by atomic mass is 9.72. The highest BCUT2D eigenvalue weighted by molar-refractivity contribution is 6.31. The first-order valence-electron chi connectivity index (χ1n) is 14.4. The number of ketones is 3. The summed E-state index contributed by atoms with van der Waals surface area (Å²) in [7, 11) is 1.27. The third-order valence-corrected chi connectivity index (χ3v) is 8.62. The van der Waals surface area contributed by atoms with Crippen LogP contribution in [0.1, 0.15) is 82.7 Å². The van der Waals surface area contributed by atoms with Crippen molar-refractivity contribution < 1.29 is 71.4 Å². The summed E-state index contributed by atoms with van der Waals surface area (Å²) >= 11 is 0. The number of methoxy groups -OCH3 is 1. The van der Waals surface area contributed by atoms with Crippen molar-refractivity contribution in [3.05, 3.63) is 51.6 Å². The summed E-state index contributed by atoms with van der Waals surface area (Å²) in [6, 6.07) is 2.74. The molecule has 16 heteroatoms. The van der Waals surface area contributed by atoms with Gasteiger partial charge in [-0.3, -0.25) is 24.0 Å². The second-order valence-corrected chi connectivity index (χ2v) is 11.6. The van der Waals surface area contributed by atoms with Crippen molar-refractivity contribution in [3.63, 3.8) is 0 Å². The Labute approximate surface area is 264 Å². The standard InChI is InChI=1S/C31H30F3NO12/c1-11-24(35-29(42)31(32,33)34)17(46-13(3)37)8-19(45-11)47-18-10-30(43,12(2)36)9-15-21(18)28(41)23-22(26(15)39)25(38)14-6-5-7-16(44-4)20(14)27(23)40/h5-7,11,17-19,24,39,41,43H,8-10H2,1-4H3,(H,35,42)/t11-,17-,18-,19-,24+,30-/m0/s1. The number of hydrogen-bond donors (Lipinski definition) is 4. The molecule has 4 N–H and O–H groups in total. The number of carbonyl (C=O) groups is 5. The van der Waals surface area contributed by atoms with Crippen LogP contribution in [0.5, 0.6) is 17.2 Å². The number of hydrogen-bond acceptors (Lipinski definition) is 12. The third-order valence-electron chi connectivity index (χ3n) is 8.62. The largest absolute Gasteiger partial charge is 0.507 e. The highest BCUT2D eigenvalue weighted by Crippen LogP contribution is 2.52. The van der Waals surface area contributed by atoms with Gasteiger partial charge in [0.05, 0.1) is 42.0 Å². The Morgan fingerprint density at radius 2 is 1.70 bits per heavy atom. The number of phenols is 2. The van der Waals surface area contributed by atoms with E-state index in [2.05, 4.69) is 0 Å². The Morgan fingerprint density at radius 1 is 1.04 bits per heavy atom. The Bertz CT molecular complexity index is 1710. The summed E-state index contributed by atoms with van der Waals surface area (Å²) in [4.78, 5) is 63.6. The molecule has 252 valence electrons. The number of Topliss-reactive ketones (excluding diaryl/α,β-unsaturated/α-hetero) is 1. The van der Waals surface area contributed by atoms with Crippen molar-refractivity contribution >= 4 is 29.2 Å². The van der Waals surface area contributed by atoms with E-state index in [-0.39, 0.29) is 28.0 Å². The maximum atomic E-state index is 13.8. The van der Waals surface area contributed by atoms with Gasteiger partial charge in [0.2, 0.25) is 5.78 Å². The molecule has 2 aromatic carbocycles. The van der Waals surface area contributed by atoms with Crippen LogP contribution >= 0.6 is 0 Å². The van der Waals surface area contributed by atoms with Gasteiger partial charge >= 0.3 is 18.1 Å². The number of aliphatic hydroxyl groups is 1. The molecule has 1 fully saturated rings. The van der Waals surface area contributed by atoms with Crippen LogP contribution in [0.3, 0.4) is 0 Å². The molecule has 1 amide bonds. The minimum Gasteiger partial charge on any atom is -0.507 e. The van der Waals surface area contributed by atoms with Crippen LogP contribution in [0.2, 0.25) is 0 Å². The van der Waals surface area contributed by atoms with E-state index in [1.54, 1.807) is 5.32 Å². The average Bonchev–Trinajstić information content (AvgIpc) is 2.97. The van der Waals surface area contributed by atoms with Crippen LogP contribution in [0.15, 0.2) is 18.2 Å². The summed E-state index contributed by atoms with van der Waals surface area (Å²) in [6.45, 7) is 3.35. The number of benzene rings is 2. The van der Waals surface area contributed by atoms with E-state index in [0.29, 0.717) is 0 Å². The first kappa shape index (κ1) is 33.8. The fraction of sp³-hybridized carbons (Fsp3) is 0.452. The molecule has 1 saturated heterocycles. The van der Waals surface area contributed by atoms with Crippen LogP contribution in [-0.2, 0) is 35.0 Å². The van der Waals surface area contributed by atoms with E-state index >= 15 is 0 Å². The van der Waals surface area contributed by atoms with Crippen LogP contribution in [0.4, 0.5) is 13.2 Å². The molecule has 13 nitrogen and oxygen atoms in total. The zero-order valence-corrected chi connectivity index (χ0v) is 25.4. The predicted molar refractivity (Wildman–Crippen MR) is 150 cm³/mol. The first-order valence-corrected chi connectivity index (χ1v) is 14.4. The number of aromatic hydroxyl groups is 2. The number of ether oxygens (including phenoxy) is 4. The first-order chi connectivity index (χ1) is 21.9. The Hall–Kier alpha value is -4.54. The normalized spacial score (nSPS) is 26.9. The molecule has 47 heavy (non-hydrogen) atoms. The van der Waals surface area contributed by atoms with Crippen LogP contribution < -0.4 is 10.1 Å². The van der Waals surface area contributed by atoms with Crippen molar-refractivity contribution in [1.82, 2.24) is 5.32 Å². The average molecular weight is 666 g/mol.